The Bertz CT molecular complexity index is 816. The van der Waals surface area contributed by atoms with Crippen LogP contribution in [-0.4, -0.2) is 30.1 Å². The van der Waals surface area contributed by atoms with Crippen molar-refractivity contribution in [3.05, 3.63) is 63.7 Å². The van der Waals surface area contributed by atoms with Crippen molar-refractivity contribution in [3.8, 4) is 0 Å². The number of nitro groups is 1. The van der Waals surface area contributed by atoms with Crippen LogP contribution in [0.2, 0.25) is 0 Å². The highest BCUT2D eigenvalue weighted by molar-refractivity contribution is 6.08. The topological polar surface area (TPSA) is 93.5 Å². The van der Waals surface area contributed by atoms with E-state index in [2.05, 4.69) is 10.6 Å². The maximum atomic E-state index is 12.7. The molecule has 1 saturated heterocycles. The summed E-state index contributed by atoms with van der Waals surface area (Å²) in [6.45, 7) is 3.23. The number of nitrogens with one attached hydrogen (secondary N) is 2. The molecule has 2 aromatic rings. The molecule has 7 nitrogen and oxygen atoms in total. The van der Waals surface area contributed by atoms with E-state index in [1.54, 1.807) is 12.1 Å². The van der Waals surface area contributed by atoms with Crippen molar-refractivity contribution in [2.45, 2.75) is 25.9 Å². The fraction of sp³-hybridized carbons (Fsp3) is 0.316. The van der Waals surface area contributed by atoms with Crippen molar-refractivity contribution < 1.29 is 14.5 Å². The Morgan fingerprint density at radius 2 is 2.15 bits per heavy atom. The Morgan fingerprint density at radius 1 is 1.31 bits per heavy atom. The molecule has 26 heavy (non-hydrogen) atoms. The third-order valence-corrected chi connectivity index (χ3v) is 4.28. The molecule has 0 bridgehead atoms. The van der Waals surface area contributed by atoms with E-state index in [1.165, 1.54) is 12.1 Å². The molecule has 1 unspecified atom stereocenters. The number of non-ortho nitro benzene ring substituents is 1. The summed E-state index contributed by atoms with van der Waals surface area (Å²) >= 11 is 0. The van der Waals surface area contributed by atoms with Gasteiger partial charge in [-0.3, -0.25) is 14.9 Å². The number of nitrogens with zero attached hydrogens (tertiary/aromatic N) is 1. The van der Waals surface area contributed by atoms with Gasteiger partial charge in [0.1, 0.15) is 0 Å². The number of ether oxygens (including phenoxy) is 1. The summed E-state index contributed by atoms with van der Waals surface area (Å²) in [5.41, 5.74) is 2.32. The monoisotopic (exact) mass is 355 g/mol. The predicted molar refractivity (Wildman–Crippen MR) is 99.7 cm³/mol. The van der Waals surface area contributed by atoms with E-state index in [9.17, 15) is 14.9 Å². The van der Waals surface area contributed by atoms with Gasteiger partial charge in [-0.1, -0.05) is 12.1 Å². The minimum absolute atomic E-state index is 0.0953. The smallest absolute Gasteiger partial charge is 0.270 e. The van der Waals surface area contributed by atoms with Crippen molar-refractivity contribution in [1.82, 2.24) is 0 Å². The average Bonchev–Trinajstić information content (AvgIpc) is 3.13. The Kier molecular flexibility index (Phi) is 5.48. The highest BCUT2D eigenvalue weighted by Crippen LogP contribution is 2.24. The Labute approximate surface area is 151 Å². The fourth-order valence-corrected chi connectivity index (χ4v) is 2.94. The van der Waals surface area contributed by atoms with Crippen LogP contribution in [-0.2, 0) is 4.74 Å². The van der Waals surface area contributed by atoms with Crippen LogP contribution >= 0.6 is 0 Å². The van der Waals surface area contributed by atoms with Gasteiger partial charge in [0.25, 0.3) is 11.6 Å². The van der Waals surface area contributed by atoms with Gasteiger partial charge in [0, 0.05) is 36.7 Å². The molecule has 1 fully saturated rings. The molecule has 1 aliphatic rings. The second kappa shape index (κ2) is 7.97. The van der Waals surface area contributed by atoms with Gasteiger partial charge in [0.15, 0.2) is 0 Å². The fourth-order valence-electron chi connectivity index (χ4n) is 2.94. The van der Waals surface area contributed by atoms with Crippen LogP contribution < -0.4 is 10.6 Å². The Hall–Kier alpha value is -2.93. The van der Waals surface area contributed by atoms with Gasteiger partial charge < -0.3 is 15.4 Å². The van der Waals surface area contributed by atoms with E-state index < -0.39 is 10.8 Å². The van der Waals surface area contributed by atoms with Crippen LogP contribution in [0.5, 0.6) is 0 Å². The molecule has 1 heterocycles. The molecule has 2 aromatic carbocycles. The minimum atomic E-state index is -0.507. The van der Waals surface area contributed by atoms with E-state index in [-0.39, 0.29) is 17.4 Å². The van der Waals surface area contributed by atoms with E-state index in [4.69, 9.17) is 4.74 Å². The van der Waals surface area contributed by atoms with Crippen LogP contribution in [0, 0.1) is 17.0 Å². The third-order valence-electron chi connectivity index (χ3n) is 4.28. The number of nitro benzene ring substituents is 1. The highest BCUT2D eigenvalue weighted by Gasteiger charge is 2.20. The molecule has 2 N–H and O–H groups in total. The second-order valence-corrected chi connectivity index (χ2v) is 6.33. The summed E-state index contributed by atoms with van der Waals surface area (Å²) in [6, 6.07) is 11.6. The lowest BCUT2D eigenvalue weighted by molar-refractivity contribution is -0.384. The van der Waals surface area contributed by atoms with Gasteiger partial charge in [0.05, 0.1) is 16.6 Å². The number of amides is 1. The molecule has 0 spiro atoms. The normalized spacial score (nSPS) is 16.3. The van der Waals surface area contributed by atoms with Crippen LogP contribution in [0.3, 0.4) is 0 Å². The standard InChI is InChI=1S/C19H21N3O4/c1-13-4-2-5-14(10-13)21-19(23)17-11-15(22(24)25)7-8-18(17)20-12-16-6-3-9-26-16/h2,4-5,7-8,10-11,16,20H,3,6,9,12H2,1H3,(H,21,23). The lowest BCUT2D eigenvalue weighted by Gasteiger charge is -2.15. The quantitative estimate of drug-likeness (QED) is 0.608. The van der Waals surface area contributed by atoms with E-state index in [0.29, 0.717) is 17.9 Å². The molecule has 0 aromatic heterocycles. The number of carbonyl (C=O) groups is 1. The van der Waals surface area contributed by atoms with Crippen molar-refractivity contribution in [3.63, 3.8) is 0 Å². The van der Waals surface area contributed by atoms with Crippen LogP contribution in [0.15, 0.2) is 42.5 Å². The van der Waals surface area contributed by atoms with Crippen LogP contribution in [0.25, 0.3) is 0 Å². The minimum Gasteiger partial charge on any atom is -0.382 e. The van der Waals surface area contributed by atoms with Gasteiger partial charge >= 0.3 is 0 Å². The molecule has 1 aliphatic heterocycles. The van der Waals surface area contributed by atoms with Crippen molar-refractivity contribution in [2.75, 3.05) is 23.8 Å². The maximum absolute atomic E-state index is 12.7. The van der Waals surface area contributed by atoms with E-state index in [0.717, 1.165) is 25.0 Å². The number of hydrogen-bond donors (Lipinski definition) is 2. The first kappa shape index (κ1) is 17.9. The number of carbonyl (C=O) groups excluding carboxylic acids is 1. The lowest BCUT2D eigenvalue weighted by atomic mass is 10.1. The molecule has 0 saturated carbocycles. The molecule has 1 atom stereocenters. The maximum Gasteiger partial charge on any atom is 0.270 e. The molecular formula is C19H21N3O4. The number of rotatable bonds is 6. The highest BCUT2D eigenvalue weighted by atomic mass is 16.6. The van der Waals surface area contributed by atoms with Crippen LogP contribution in [0.4, 0.5) is 17.1 Å². The Morgan fingerprint density at radius 3 is 2.85 bits per heavy atom. The van der Waals surface area contributed by atoms with Gasteiger partial charge in [0.2, 0.25) is 0 Å². The van der Waals surface area contributed by atoms with Crippen molar-refractivity contribution >= 4 is 23.0 Å². The summed E-state index contributed by atoms with van der Waals surface area (Å²) in [7, 11) is 0. The number of anilines is 2. The zero-order chi connectivity index (χ0) is 18.5. The molecular weight excluding hydrogens is 334 g/mol. The van der Waals surface area contributed by atoms with Gasteiger partial charge in [-0.15, -0.1) is 0 Å². The number of benzene rings is 2. The molecule has 1 amide bonds. The van der Waals surface area contributed by atoms with Gasteiger partial charge in [-0.2, -0.15) is 0 Å². The molecule has 136 valence electrons. The summed E-state index contributed by atoms with van der Waals surface area (Å²) in [6.07, 6.45) is 2.08. The zero-order valence-corrected chi connectivity index (χ0v) is 14.5. The zero-order valence-electron chi connectivity index (χ0n) is 14.5. The molecule has 0 radical (unpaired) electrons. The number of hydrogen-bond acceptors (Lipinski definition) is 5. The lowest BCUT2D eigenvalue weighted by Crippen LogP contribution is -2.21. The van der Waals surface area contributed by atoms with E-state index in [1.807, 2.05) is 25.1 Å². The summed E-state index contributed by atoms with van der Waals surface area (Å²) < 4.78 is 5.57. The summed E-state index contributed by atoms with van der Waals surface area (Å²) in [5.74, 6) is -0.394. The van der Waals surface area contributed by atoms with Crippen LogP contribution in [0.1, 0.15) is 28.8 Å². The first-order valence-corrected chi connectivity index (χ1v) is 8.55. The summed E-state index contributed by atoms with van der Waals surface area (Å²) in [4.78, 5) is 23.3. The first-order chi connectivity index (χ1) is 12.5. The van der Waals surface area contributed by atoms with Gasteiger partial charge in [-0.05, 0) is 43.5 Å². The van der Waals surface area contributed by atoms with Gasteiger partial charge in [-0.25, -0.2) is 0 Å². The SMILES string of the molecule is Cc1cccc(NC(=O)c2cc([N+](=O)[O-])ccc2NCC2CCCO2)c1. The average molecular weight is 355 g/mol. The van der Waals surface area contributed by atoms with E-state index >= 15 is 0 Å². The molecule has 3 rings (SSSR count). The second-order valence-electron chi connectivity index (χ2n) is 6.33. The first-order valence-electron chi connectivity index (χ1n) is 8.55. The molecule has 0 aliphatic carbocycles. The summed E-state index contributed by atoms with van der Waals surface area (Å²) in [5, 5.41) is 17.1. The van der Waals surface area contributed by atoms with Crippen molar-refractivity contribution in [1.29, 1.82) is 0 Å². The largest absolute Gasteiger partial charge is 0.382 e. The third kappa shape index (κ3) is 4.37. The molecule has 7 heteroatoms. The van der Waals surface area contributed by atoms with Crippen molar-refractivity contribution in [2.24, 2.45) is 0 Å². The Balaban J connectivity index is 1.82. The predicted octanol–water partition coefficient (Wildman–Crippen LogP) is 3.75. The number of aryl methyl sites for hydroxylation is 1.